The van der Waals surface area contributed by atoms with Crippen LogP contribution in [0, 0.1) is 17.6 Å². The van der Waals surface area contributed by atoms with Gasteiger partial charge in [-0.3, -0.25) is 0 Å². The minimum atomic E-state index is -4.11. The first-order chi connectivity index (χ1) is 9.44. The number of hydrogen-bond donors (Lipinski definition) is 2. The van der Waals surface area contributed by atoms with E-state index in [0.717, 1.165) is 37.8 Å². The van der Waals surface area contributed by atoms with Crippen LogP contribution in [0.3, 0.4) is 0 Å². The Labute approximate surface area is 129 Å². The quantitative estimate of drug-likeness (QED) is 0.863. The highest BCUT2D eigenvalue weighted by molar-refractivity contribution is 7.89. The first kappa shape index (κ1) is 18.3. The van der Waals surface area contributed by atoms with Gasteiger partial charge >= 0.3 is 0 Å². The number of nitrogens with two attached hydrogens (primary N) is 1. The summed E-state index contributed by atoms with van der Waals surface area (Å²) in [7, 11) is -4.11. The van der Waals surface area contributed by atoms with Crippen LogP contribution in [-0.2, 0) is 10.0 Å². The molecule has 8 heteroatoms. The molecule has 1 aromatic carbocycles. The van der Waals surface area contributed by atoms with Crippen molar-refractivity contribution in [2.75, 3.05) is 6.54 Å². The summed E-state index contributed by atoms with van der Waals surface area (Å²) in [5.41, 5.74) is 5.61. The van der Waals surface area contributed by atoms with Gasteiger partial charge in [0.15, 0.2) is 0 Å². The Hall–Kier alpha value is -0.760. The summed E-state index contributed by atoms with van der Waals surface area (Å²) in [5, 5.41) is 0. The van der Waals surface area contributed by atoms with Crippen molar-refractivity contribution in [1.29, 1.82) is 0 Å². The van der Waals surface area contributed by atoms with Crippen molar-refractivity contribution >= 4 is 22.4 Å². The van der Waals surface area contributed by atoms with Gasteiger partial charge in [0, 0.05) is 12.6 Å². The standard InChI is InChI=1S/C13H18F2N2O2S.ClH/c14-10-5-6-11(15)13(7-10)20(18,19)17-12(8-16)9-3-1-2-4-9;/h5-7,9,12,17H,1-4,8,16H2;1H. The van der Waals surface area contributed by atoms with Crippen LogP contribution in [0.25, 0.3) is 0 Å². The zero-order valence-corrected chi connectivity index (χ0v) is 13.0. The fourth-order valence-corrected chi connectivity index (χ4v) is 4.05. The Balaban J connectivity index is 0.00000220. The predicted molar refractivity (Wildman–Crippen MR) is 78.7 cm³/mol. The highest BCUT2D eigenvalue weighted by atomic mass is 35.5. The molecule has 1 aromatic rings. The lowest BCUT2D eigenvalue weighted by Gasteiger charge is -2.23. The predicted octanol–water partition coefficient (Wildman–Crippen LogP) is 2.18. The van der Waals surface area contributed by atoms with Gasteiger partial charge in [0.25, 0.3) is 0 Å². The number of nitrogens with one attached hydrogen (secondary N) is 1. The highest BCUT2D eigenvalue weighted by Crippen LogP contribution is 2.28. The lowest BCUT2D eigenvalue weighted by Crippen LogP contribution is -2.44. The molecule has 0 radical (unpaired) electrons. The molecule has 2 rings (SSSR count). The molecule has 120 valence electrons. The number of rotatable bonds is 5. The van der Waals surface area contributed by atoms with Crippen molar-refractivity contribution in [2.24, 2.45) is 11.7 Å². The number of halogens is 3. The van der Waals surface area contributed by atoms with Crippen LogP contribution < -0.4 is 10.5 Å². The molecule has 0 amide bonds. The van der Waals surface area contributed by atoms with Crippen molar-refractivity contribution in [3.63, 3.8) is 0 Å². The monoisotopic (exact) mass is 340 g/mol. The molecular weight excluding hydrogens is 322 g/mol. The summed E-state index contributed by atoms with van der Waals surface area (Å²) < 4.78 is 53.4. The molecule has 0 aliphatic heterocycles. The molecule has 1 atom stereocenters. The van der Waals surface area contributed by atoms with E-state index < -0.39 is 32.6 Å². The first-order valence-electron chi connectivity index (χ1n) is 6.61. The topological polar surface area (TPSA) is 72.2 Å². The maximum absolute atomic E-state index is 13.6. The van der Waals surface area contributed by atoms with E-state index in [-0.39, 0.29) is 24.9 Å². The van der Waals surface area contributed by atoms with Gasteiger partial charge in [-0.1, -0.05) is 12.8 Å². The van der Waals surface area contributed by atoms with Crippen molar-refractivity contribution in [3.05, 3.63) is 29.8 Å². The van der Waals surface area contributed by atoms with Gasteiger partial charge in [0.05, 0.1) is 0 Å². The molecule has 0 bridgehead atoms. The van der Waals surface area contributed by atoms with Crippen LogP contribution in [0.4, 0.5) is 8.78 Å². The average Bonchev–Trinajstić information content (AvgIpc) is 2.92. The third-order valence-electron chi connectivity index (χ3n) is 3.71. The molecule has 1 fully saturated rings. The second-order valence-electron chi connectivity index (χ2n) is 5.08. The second-order valence-corrected chi connectivity index (χ2v) is 6.77. The lowest BCUT2D eigenvalue weighted by molar-refractivity contribution is 0.404. The van der Waals surface area contributed by atoms with Crippen molar-refractivity contribution < 1.29 is 17.2 Å². The molecule has 1 aliphatic carbocycles. The Morgan fingerprint density at radius 3 is 2.48 bits per heavy atom. The van der Waals surface area contributed by atoms with Crippen molar-refractivity contribution in [2.45, 2.75) is 36.6 Å². The van der Waals surface area contributed by atoms with Gasteiger partial charge in [-0.15, -0.1) is 12.4 Å². The van der Waals surface area contributed by atoms with E-state index in [1.807, 2.05) is 0 Å². The van der Waals surface area contributed by atoms with E-state index in [1.165, 1.54) is 0 Å². The molecule has 0 spiro atoms. The van der Waals surface area contributed by atoms with Crippen LogP contribution in [0.2, 0.25) is 0 Å². The van der Waals surface area contributed by atoms with Gasteiger partial charge in [-0.2, -0.15) is 0 Å². The summed E-state index contributed by atoms with van der Waals surface area (Å²) in [4.78, 5) is -0.672. The molecule has 3 N–H and O–H groups in total. The van der Waals surface area contributed by atoms with Crippen LogP contribution in [0.15, 0.2) is 23.1 Å². The molecule has 1 unspecified atom stereocenters. The van der Waals surface area contributed by atoms with Gasteiger partial charge in [-0.05, 0) is 37.0 Å². The molecule has 21 heavy (non-hydrogen) atoms. The Morgan fingerprint density at radius 1 is 1.29 bits per heavy atom. The second kappa shape index (κ2) is 7.49. The SMILES string of the molecule is Cl.NCC(NS(=O)(=O)c1cc(F)ccc1F)C1CCCC1. The van der Waals surface area contributed by atoms with Crippen molar-refractivity contribution in [3.8, 4) is 0 Å². The van der Waals surface area contributed by atoms with E-state index in [0.29, 0.717) is 6.07 Å². The maximum atomic E-state index is 13.6. The van der Waals surface area contributed by atoms with Crippen LogP contribution in [0.1, 0.15) is 25.7 Å². The van der Waals surface area contributed by atoms with Crippen molar-refractivity contribution in [1.82, 2.24) is 4.72 Å². The summed E-state index contributed by atoms with van der Waals surface area (Å²) in [6.45, 7) is 0.140. The summed E-state index contributed by atoms with van der Waals surface area (Å²) >= 11 is 0. The Morgan fingerprint density at radius 2 is 1.90 bits per heavy atom. The maximum Gasteiger partial charge on any atom is 0.243 e. The third kappa shape index (κ3) is 4.35. The minimum Gasteiger partial charge on any atom is -0.329 e. The zero-order chi connectivity index (χ0) is 14.8. The van der Waals surface area contributed by atoms with Crippen LogP contribution >= 0.6 is 12.4 Å². The zero-order valence-electron chi connectivity index (χ0n) is 11.4. The van der Waals surface area contributed by atoms with E-state index in [9.17, 15) is 17.2 Å². The number of hydrogen-bond acceptors (Lipinski definition) is 3. The van der Waals surface area contributed by atoms with Gasteiger partial charge < -0.3 is 5.73 Å². The highest BCUT2D eigenvalue weighted by Gasteiger charge is 2.29. The Kier molecular flexibility index (Phi) is 6.52. The van der Waals surface area contributed by atoms with E-state index in [1.54, 1.807) is 0 Å². The first-order valence-corrected chi connectivity index (χ1v) is 8.10. The summed E-state index contributed by atoms with van der Waals surface area (Å²) in [6.07, 6.45) is 3.88. The summed E-state index contributed by atoms with van der Waals surface area (Å²) in [5.74, 6) is -1.61. The molecule has 0 aromatic heterocycles. The van der Waals surface area contributed by atoms with Gasteiger partial charge in [0.1, 0.15) is 16.5 Å². The van der Waals surface area contributed by atoms with Gasteiger partial charge in [-0.25, -0.2) is 21.9 Å². The minimum absolute atomic E-state index is 0. The average molecular weight is 341 g/mol. The van der Waals surface area contributed by atoms with E-state index >= 15 is 0 Å². The summed E-state index contributed by atoms with van der Waals surface area (Å²) in [6, 6.07) is 1.92. The molecule has 0 saturated heterocycles. The fraction of sp³-hybridized carbons (Fsp3) is 0.538. The molecule has 0 heterocycles. The molecule has 1 saturated carbocycles. The normalized spacial score (nSPS) is 17.5. The van der Waals surface area contributed by atoms with E-state index in [2.05, 4.69) is 4.72 Å². The fourth-order valence-electron chi connectivity index (χ4n) is 2.64. The molecule has 1 aliphatic rings. The largest absolute Gasteiger partial charge is 0.329 e. The third-order valence-corrected chi connectivity index (χ3v) is 5.22. The molecule has 4 nitrogen and oxygen atoms in total. The smallest absolute Gasteiger partial charge is 0.243 e. The molecular formula is C13H19ClF2N2O2S. The Bertz CT molecular complexity index is 578. The van der Waals surface area contributed by atoms with Crippen LogP contribution in [0.5, 0.6) is 0 Å². The van der Waals surface area contributed by atoms with Gasteiger partial charge in [0.2, 0.25) is 10.0 Å². The number of sulfonamides is 1. The van der Waals surface area contributed by atoms with Crippen LogP contribution in [-0.4, -0.2) is 21.0 Å². The lowest BCUT2D eigenvalue weighted by atomic mass is 9.99. The number of benzene rings is 1. The van der Waals surface area contributed by atoms with E-state index in [4.69, 9.17) is 5.73 Å².